The Hall–Kier alpha value is -2.70. The zero-order valence-electron chi connectivity index (χ0n) is 13.9. The molecule has 0 atom stereocenters. The fraction of sp³-hybridized carbons (Fsp3) is 0.158. The summed E-state index contributed by atoms with van der Waals surface area (Å²) in [6.07, 6.45) is 3.89. The number of rotatable bonds is 5. The van der Waals surface area contributed by atoms with E-state index in [1.54, 1.807) is 12.4 Å². The fourth-order valence-corrected chi connectivity index (χ4v) is 2.89. The van der Waals surface area contributed by atoms with E-state index in [-0.39, 0.29) is 18.6 Å². The van der Waals surface area contributed by atoms with E-state index in [9.17, 15) is 4.79 Å². The first-order chi connectivity index (χ1) is 12.0. The number of aromatic nitrogens is 1. The summed E-state index contributed by atoms with van der Waals surface area (Å²) in [5, 5.41) is 23.3. The molecule has 0 radical (unpaired) electrons. The van der Waals surface area contributed by atoms with Crippen LogP contribution in [0.1, 0.15) is 16.7 Å². The van der Waals surface area contributed by atoms with Gasteiger partial charge < -0.3 is 15.4 Å². The van der Waals surface area contributed by atoms with E-state index < -0.39 is 7.12 Å². The summed E-state index contributed by atoms with van der Waals surface area (Å²) >= 11 is 0. The number of fused-ring (bicyclic) bond motifs is 1. The van der Waals surface area contributed by atoms with Crippen LogP contribution in [0, 0.1) is 6.92 Å². The second-order valence-corrected chi connectivity index (χ2v) is 6.05. The Labute approximate surface area is 146 Å². The Morgan fingerprint density at radius 2 is 1.92 bits per heavy atom. The van der Waals surface area contributed by atoms with Crippen molar-refractivity contribution in [2.75, 3.05) is 5.32 Å². The molecule has 0 aliphatic rings. The Balaban J connectivity index is 1.73. The van der Waals surface area contributed by atoms with Crippen LogP contribution < -0.4 is 5.32 Å². The van der Waals surface area contributed by atoms with Gasteiger partial charge in [0.2, 0.25) is 5.91 Å². The Bertz CT molecular complexity index is 912. The van der Waals surface area contributed by atoms with Crippen LogP contribution in [0.2, 0.25) is 0 Å². The number of hydrogen-bond acceptors (Lipinski definition) is 4. The van der Waals surface area contributed by atoms with Crippen LogP contribution in [0.4, 0.5) is 5.69 Å². The Morgan fingerprint density at radius 3 is 2.72 bits per heavy atom. The van der Waals surface area contributed by atoms with Crippen molar-refractivity contribution in [2.45, 2.75) is 19.7 Å². The average Bonchev–Trinajstić information content (AvgIpc) is 2.58. The minimum atomic E-state index is -1.39. The molecule has 1 aromatic heterocycles. The second kappa shape index (κ2) is 7.46. The molecule has 3 N–H and O–H groups in total. The van der Waals surface area contributed by atoms with Crippen molar-refractivity contribution >= 4 is 29.5 Å². The summed E-state index contributed by atoms with van der Waals surface area (Å²) in [7, 11) is -1.39. The van der Waals surface area contributed by atoms with Crippen LogP contribution >= 0.6 is 0 Å². The predicted octanol–water partition coefficient (Wildman–Crippen LogP) is 2.28. The summed E-state index contributed by atoms with van der Waals surface area (Å²) in [5.41, 5.74) is 3.36. The lowest BCUT2D eigenvalue weighted by Gasteiger charge is -2.12. The van der Waals surface area contributed by atoms with Crippen molar-refractivity contribution in [3.8, 4) is 0 Å². The lowest BCUT2D eigenvalue weighted by Crippen LogP contribution is -2.18. The summed E-state index contributed by atoms with van der Waals surface area (Å²) in [6, 6.07) is 13.1. The smallest absolute Gasteiger partial charge is 0.427 e. The van der Waals surface area contributed by atoms with Crippen LogP contribution in [0.25, 0.3) is 10.8 Å². The van der Waals surface area contributed by atoms with E-state index in [0.29, 0.717) is 0 Å². The monoisotopic (exact) mass is 334 g/mol. The number of benzene rings is 2. The van der Waals surface area contributed by atoms with Crippen molar-refractivity contribution in [1.82, 2.24) is 4.98 Å². The molecule has 0 fully saturated rings. The minimum Gasteiger partial charge on any atom is -0.427 e. The maximum absolute atomic E-state index is 12.4. The molecule has 0 spiro atoms. The number of nitrogens with one attached hydrogen (secondary N) is 1. The first-order valence-corrected chi connectivity index (χ1v) is 8.10. The molecule has 0 bridgehead atoms. The van der Waals surface area contributed by atoms with E-state index >= 15 is 0 Å². The molecular weight excluding hydrogens is 315 g/mol. The zero-order valence-corrected chi connectivity index (χ0v) is 13.9. The number of nitrogens with zero attached hydrogens (tertiary/aromatic N) is 1. The normalized spacial score (nSPS) is 10.7. The first-order valence-electron chi connectivity index (χ1n) is 8.10. The third kappa shape index (κ3) is 4.23. The lowest BCUT2D eigenvalue weighted by atomic mass is 9.79. The van der Waals surface area contributed by atoms with Gasteiger partial charge in [0.05, 0.1) is 6.42 Å². The maximum Gasteiger partial charge on any atom is 0.456 e. The maximum atomic E-state index is 12.4. The van der Waals surface area contributed by atoms with E-state index in [4.69, 9.17) is 10.0 Å². The highest BCUT2D eigenvalue weighted by molar-refractivity contribution is 6.40. The highest BCUT2D eigenvalue weighted by Crippen LogP contribution is 2.19. The first kappa shape index (κ1) is 17.1. The highest BCUT2D eigenvalue weighted by atomic mass is 16.4. The molecule has 2 aromatic carbocycles. The molecule has 3 aromatic rings. The van der Waals surface area contributed by atoms with Gasteiger partial charge in [-0.25, -0.2) is 0 Å². The lowest BCUT2D eigenvalue weighted by molar-refractivity contribution is -0.115. The average molecular weight is 334 g/mol. The molecule has 1 amide bonds. The summed E-state index contributed by atoms with van der Waals surface area (Å²) in [5.74, 6) is -0.113. The van der Waals surface area contributed by atoms with Crippen LogP contribution in [0.5, 0.6) is 0 Å². The molecule has 25 heavy (non-hydrogen) atoms. The summed E-state index contributed by atoms with van der Waals surface area (Å²) < 4.78 is 0. The number of carbonyl (C=O) groups is 1. The third-order valence-corrected chi connectivity index (χ3v) is 4.24. The third-order valence-electron chi connectivity index (χ3n) is 4.24. The Morgan fingerprint density at radius 1 is 1.12 bits per heavy atom. The highest BCUT2D eigenvalue weighted by Gasteiger charge is 2.13. The number of amides is 1. The van der Waals surface area contributed by atoms with E-state index in [1.807, 2.05) is 49.4 Å². The van der Waals surface area contributed by atoms with Crippen molar-refractivity contribution in [3.63, 3.8) is 0 Å². The van der Waals surface area contributed by atoms with Crippen molar-refractivity contribution < 1.29 is 14.8 Å². The molecule has 1 heterocycles. The van der Waals surface area contributed by atoms with Crippen molar-refractivity contribution in [3.05, 3.63) is 71.5 Å². The van der Waals surface area contributed by atoms with Gasteiger partial charge in [-0.2, -0.15) is 0 Å². The van der Waals surface area contributed by atoms with E-state index in [0.717, 1.165) is 33.2 Å². The standard InChI is InChI=1S/C19H19BN2O3/c1-13-14(3-2-4-16(13)11-20(24)25)10-19(23)22-18-6-5-17-12-21-8-7-15(17)9-18/h2-9,12,24-25H,10-11H2,1H3,(H,22,23). The molecule has 0 saturated carbocycles. The van der Waals surface area contributed by atoms with Crippen molar-refractivity contribution in [2.24, 2.45) is 0 Å². The van der Waals surface area contributed by atoms with Gasteiger partial charge in [-0.1, -0.05) is 24.3 Å². The van der Waals surface area contributed by atoms with Crippen LogP contribution in [-0.2, 0) is 17.5 Å². The van der Waals surface area contributed by atoms with Gasteiger partial charge in [0, 0.05) is 29.8 Å². The Kier molecular flexibility index (Phi) is 5.12. The van der Waals surface area contributed by atoms with E-state index in [1.165, 1.54) is 0 Å². The number of pyridine rings is 1. The predicted molar refractivity (Wildman–Crippen MR) is 99.2 cm³/mol. The zero-order chi connectivity index (χ0) is 17.8. The van der Waals surface area contributed by atoms with Gasteiger partial charge >= 0.3 is 7.12 Å². The number of carbonyl (C=O) groups excluding carboxylic acids is 1. The van der Waals surface area contributed by atoms with Crippen molar-refractivity contribution in [1.29, 1.82) is 0 Å². The van der Waals surface area contributed by atoms with Crippen LogP contribution in [0.3, 0.4) is 0 Å². The largest absolute Gasteiger partial charge is 0.456 e. The molecule has 3 rings (SSSR count). The summed E-state index contributed by atoms with van der Waals surface area (Å²) in [4.78, 5) is 16.5. The minimum absolute atomic E-state index is 0.113. The second-order valence-electron chi connectivity index (χ2n) is 6.05. The van der Waals surface area contributed by atoms with Gasteiger partial charge in [0.1, 0.15) is 0 Å². The van der Waals surface area contributed by atoms with Crippen LogP contribution in [-0.4, -0.2) is 28.1 Å². The SMILES string of the molecule is Cc1c(CB(O)O)cccc1CC(=O)Nc1ccc2cnccc2c1. The quantitative estimate of drug-likeness (QED) is 0.625. The molecule has 0 aliphatic heterocycles. The fourth-order valence-electron chi connectivity index (χ4n) is 2.89. The molecule has 5 nitrogen and oxygen atoms in total. The van der Waals surface area contributed by atoms with Gasteiger partial charge in [0.15, 0.2) is 0 Å². The van der Waals surface area contributed by atoms with Gasteiger partial charge in [0.25, 0.3) is 0 Å². The molecular formula is C19H19BN2O3. The molecule has 126 valence electrons. The molecule has 6 heteroatoms. The topological polar surface area (TPSA) is 82.5 Å². The van der Waals surface area contributed by atoms with E-state index in [2.05, 4.69) is 10.3 Å². The van der Waals surface area contributed by atoms with Gasteiger partial charge in [-0.15, -0.1) is 0 Å². The molecule has 0 aliphatic carbocycles. The van der Waals surface area contributed by atoms with Crippen LogP contribution in [0.15, 0.2) is 54.9 Å². The summed E-state index contributed by atoms with van der Waals surface area (Å²) in [6.45, 7) is 1.89. The van der Waals surface area contributed by atoms with Gasteiger partial charge in [-0.05, 0) is 47.2 Å². The molecule has 0 unspecified atom stereocenters. The number of hydrogen-bond donors (Lipinski definition) is 3. The number of anilines is 1. The molecule has 0 saturated heterocycles. The van der Waals surface area contributed by atoms with Gasteiger partial charge in [-0.3, -0.25) is 9.78 Å².